The van der Waals surface area contributed by atoms with Crippen molar-refractivity contribution < 1.29 is 9.59 Å². The van der Waals surface area contributed by atoms with Crippen LogP contribution < -0.4 is 10.6 Å². The number of anilines is 1. The van der Waals surface area contributed by atoms with E-state index >= 15 is 0 Å². The Morgan fingerprint density at radius 1 is 1.04 bits per heavy atom. The van der Waals surface area contributed by atoms with E-state index in [1.807, 2.05) is 61.5 Å². The molecular weight excluding hydrogens is 320 g/mol. The van der Waals surface area contributed by atoms with Gasteiger partial charge < -0.3 is 10.6 Å². The van der Waals surface area contributed by atoms with E-state index in [2.05, 4.69) is 10.6 Å². The van der Waals surface area contributed by atoms with E-state index in [0.29, 0.717) is 4.88 Å². The Labute approximate surface area is 144 Å². The summed E-state index contributed by atoms with van der Waals surface area (Å²) in [6, 6.07) is 17.3. The predicted molar refractivity (Wildman–Crippen MR) is 98.6 cm³/mol. The average Bonchev–Trinajstić information content (AvgIpc) is 3.04. The number of rotatable bonds is 5. The van der Waals surface area contributed by atoms with Crippen LogP contribution in [0.3, 0.4) is 0 Å². The first-order valence-electron chi connectivity index (χ1n) is 7.82. The molecule has 2 aromatic carbocycles. The summed E-state index contributed by atoms with van der Waals surface area (Å²) in [5.74, 6) is -0.458. The molecule has 3 aromatic rings. The van der Waals surface area contributed by atoms with Gasteiger partial charge in [0, 0.05) is 10.4 Å². The second kappa shape index (κ2) is 7.27. The third-order valence-corrected chi connectivity index (χ3v) is 4.85. The molecule has 1 aromatic heterocycles. The molecule has 24 heavy (non-hydrogen) atoms. The van der Waals surface area contributed by atoms with Crippen molar-refractivity contribution in [2.45, 2.75) is 13.3 Å². The number of amides is 2. The minimum absolute atomic E-state index is 0.0505. The van der Waals surface area contributed by atoms with Crippen LogP contribution in [-0.2, 0) is 11.2 Å². The molecule has 4 nitrogen and oxygen atoms in total. The first kappa shape index (κ1) is 16.2. The maximum atomic E-state index is 12.2. The molecule has 0 aliphatic rings. The molecule has 2 N–H and O–H groups in total. The number of fused-ring (bicyclic) bond motifs is 1. The third kappa shape index (κ3) is 3.63. The predicted octanol–water partition coefficient (Wildman–Crippen LogP) is 3.83. The number of carbonyl (C=O) groups excluding carboxylic acids is 2. The van der Waals surface area contributed by atoms with E-state index in [1.165, 1.54) is 11.3 Å². The topological polar surface area (TPSA) is 58.2 Å². The Morgan fingerprint density at radius 2 is 1.79 bits per heavy atom. The maximum Gasteiger partial charge on any atom is 0.261 e. The molecule has 0 atom stereocenters. The molecule has 2 amide bonds. The first-order chi connectivity index (χ1) is 11.7. The number of carbonyl (C=O) groups is 2. The van der Waals surface area contributed by atoms with E-state index in [1.54, 1.807) is 0 Å². The van der Waals surface area contributed by atoms with Crippen LogP contribution in [0.4, 0.5) is 5.69 Å². The monoisotopic (exact) mass is 338 g/mol. The first-order valence-corrected chi connectivity index (χ1v) is 8.63. The number of thiophene rings is 1. The number of para-hydroxylation sites is 1. The lowest BCUT2D eigenvalue weighted by Gasteiger charge is -2.10. The lowest BCUT2D eigenvalue weighted by molar-refractivity contribution is -0.115. The van der Waals surface area contributed by atoms with E-state index in [4.69, 9.17) is 0 Å². The van der Waals surface area contributed by atoms with Crippen LogP contribution in [-0.4, -0.2) is 18.4 Å². The van der Waals surface area contributed by atoms with Gasteiger partial charge in [0.25, 0.3) is 5.91 Å². The summed E-state index contributed by atoms with van der Waals surface area (Å²) >= 11 is 1.42. The van der Waals surface area contributed by atoms with Gasteiger partial charge in [-0.25, -0.2) is 0 Å². The molecule has 0 aliphatic heterocycles. The van der Waals surface area contributed by atoms with Crippen LogP contribution in [0.2, 0.25) is 0 Å². The minimum atomic E-state index is -0.231. The van der Waals surface area contributed by atoms with Gasteiger partial charge in [0.15, 0.2) is 0 Å². The van der Waals surface area contributed by atoms with E-state index < -0.39 is 0 Å². The number of aryl methyl sites for hydroxylation is 1. The number of nitrogens with one attached hydrogen (secondary N) is 2. The molecule has 0 unspecified atom stereocenters. The molecule has 0 saturated heterocycles. The summed E-state index contributed by atoms with van der Waals surface area (Å²) in [6.45, 7) is 1.99. The van der Waals surface area contributed by atoms with Crippen molar-refractivity contribution in [3.05, 3.63) is 65.0 Å². The zero-order valence-corrected chi connectivity index (χ0v) is 14.2. The third-order valence-electron chi connectivity index (χ3n) is 3.73. The summed E-state index contributed by atoms with van der Waals surface area (Å²) in [6.07, 6.45) is 0.838. The minimum Gasteiger partial charge on any atom is -0.342 e. The second-order valence-electron chi connectivity index (χ2n) is 5.39. The normalized spacial score (nSPS) is 10.5. The van der Waals surface area contributed by atoms with Gasteiger partial charge in [-0.2, -0.15) is 0 Å². The van der Waals surface area contributed by atoms with Gasteiger partial charge in [0.2, 0.25) is 5.91 Å². The van der Waals surface area contributed by atoms with Gasteiger partial charge in [0.1, 0.15) is 0 Å². The highest BCUT2D eigenvalue weighted by molar-refractivity contribution is 7.20. The number of benzene rings is 2. The molecule has 122 valence electrons. The smallest absolute Gasteiger partial charge is 0.261 e. The quantitative estimate of drug-likeness (QED) is 0.743. The molecule has 3 rings (SSSR count). The molecule has 0 fully saturated rings. The highest BCUT2D eigenvalue weighted by Gasteiger charge is 2.12. The molecule has 0 saturated carbocycles. The van der Waals surface area contributed by atoms with E-state index in [-0.39, 0.29) is 18.4 Å². The van der Waals surface area contributed by atoms with Crippen LogP contribution in [0.1, 0.15) is 22.2 Å². The summed E-state index contributed by atoms with van der Waals surface area (Å²) in [7, 11) is 0. The average molecular weight is 338 g/mol. The summed E-state index contributed by atoms with van der Waals surface area (Å²) < 4.78 is 1.06. The molecule has 0 spiro atoms. The van der Waals surface area contributed by atoms with Gasteiger partial charge in [-0.05, 0) is 35.6 Å². The van der Waals surface area contributed by atoms with Gasteiger partial charge >= 0.3 is 0 Å². The zero-order chi connectivity index (χ0) is 16.9. The van der Waals surface area contributed by atoms with E-state index in [9.17, 15) is 9.59 Å². The van der Waals surface area contributed by atoms with Crippen molar-refractivity contribution in [2.75, 3.05) is 11.9 Å². The molecule has 0 radical (unpaired) electrons. The molecule has 1 heterocycles. The van der Waals surface area contributed by atoms with Gasteiger partial charge in [-0.15, -0.1) is 11.3 Å². The number of hydrogen-bond donors (Lipinski definition) is 2. The van der Waals surface area contributed by atoms with Crippen molar-refractivity contribution in [1.82, 2.24) is 5.32 Å². The van der Waals surface area contributed by atoms with Gasteiger partial charge in [-0.3, -0.25) is 9.59 Å². The Hall–Kier alpha value is -2.66. The highest BCUT2D eigenvalue weighted by atomic mass is 32.1. The zero-order valence-electron chi connectivity index (χ0n) is 13.3. The molecule has 0 bridgehead atoms. The molecule has 0 aliphatic carbocycles. The summed E-state index contributed by atoms with van der Waals surface area (Å²) in [4.78, 5) is 24.9. The van der Waals surface area contributed by atoms with Crippen LogP contribution in [0, 0.1) is 0 Å². The van der Waals surface area contributed by atoms with Crippen molar-refractivity contribution in [3.8, 4) is 0 Å². The summed E-state index contributed by atoms with van der Waals surface area (Å²) in [5, 5.41) is 6.56. The van der Waals surface area contributed by atoms with Crippen LogP contribution in [0.5, 0.6) is 0 Å². The SMILES string of the molecule is CCc1ccccc1NC(=O)CNC(=O)c1cc2ccccc2s1. The van der Waals surface area contributed by atoms with Crippen molar-refractivity contribution >= 4 is 38.9 Å². The number of hydrogen-bond acceptors (Lipinski definition) is 3. The maximum absolute atomic E-state index is 12.2. The van der Waals surface area contributed by atoms with Crippen LogP contribution in [0.15, 0.2) is 54.6 Å². The molecular formula is C19H18N2O2S. The Bertz CT molecular complexity index is 853. The Morgan fingerprint density at radius 3 is 2.58 bits per heavy atom. The van der Waals surface area contributed by atoms with Crippen LogP contribution >= 0.6 is 11.3 Å². The molecule has 5 heteroatoms. The lowest BCUT2D eigenvalue weighted by atomic mass is 10.1. The van der Waals surface area contributed by atoms with Crippen LogP contribution in [0.25, 0.3) is 10.1 Å². The second-order valence-corrected chi connectivity index (χ2v) is 6.47. The fourth-order valence-electron chi connectivity index (χ4n) is 2.49. The van der Waals surface area contributed by atoms with Crippen molar-refractivity contribution in [2.24, 2.45) is 0 Å². The summed E-state index contributed by atoms with van der Waals surface area (Å²) in [5.41, 5.74) is 1.86. The fourth-order valence-corrected chi connectivity index (χ4v) is 3.47. The van der Waals surface area contributed by atoms with E-state index in [0.717, 1.165) is 27.8 Å². The van der Waals surface area contributed by atoms with Gasteiger partial charge in [0.05, 0.1) is 11.4 Å². The Kier molecular flexibility index (Phi) is 4.91. The van der Waals surface area contributed by atoms with Crippen molar-refractivity contribution in [1.29, 1.82) is 0 Å². The largest absolute Gasteiger partial charge is 0.342 e. The fraction of sp³-hybridized carbons (Fsp3) is 0.158. The standard InChI is InChI=1S/C19H18N2O2S/c1-2-13-7-3-5-9-15(13)21-18(22)12-20-19(23)17-11-14-8-4-6-10-16(14)24-17/h3-11H,2,12H2,1H3,(H,20,23)(H,21,22). The van der Waals surface area contributed by atoms with Crippen molar-refractivity contribution in [3.63, 3.8) is 0 Å². The highest BCUT2D eigenvalue weighted by Crippen LogP contribution is 2.25. The Balaban J connectivity index is 1.60. The lowest BCUT2D eigenvalue weighted by Crippen LogP contribution is -2.32. The van der Waals surface area contributed by atoms with Gasteiger partial charge in [-0.1, -0.05) is 43.3 Å².